The first-order valence-corrected chi connectivity index (χ1v) is 6.81. The van der Waals surface area contributed by atoms with E-state index in [1.807, 2.05) is 12.3 Å². The highest BCUT2D eigenvalue weighted by molar-refractivity contribution is 5.46. The lowest BCUT2D eigenvalue weighted by Gasteiger charge is -2.24. The molecule has 94 valence electrons. The van der Waals surface area contributed by atoms with Crippen LogP contribution >= 0.6 is 0 Å². The van der Waals surface area contributed by atoms with Crippen LogP contribution in [-0.4, -0.2) is 24.6 Å². The summed E-state index contributed by atoms with van der Waals surface area (Å²) in [7, 11) is 0. The average Bonchev–Trinajstić information content (AvgIpc) is 2.65. The molecule has 0 radical (unpaired) electrons. The van der Waals surface area contributed by atoms with E-state index >= 15 is 0 Å². The van der Waals surface area contributed by atoms with Crippen LogP contribution < -0.4 is 10.2 Å². The smallest absolute Gasteiger partial charge is 0.133 e. The summed E-state index contributed by atoms with van der Waals surface area (Å²) in [6.45, 7) is 6.40. The van der Waals surface area contributed by atoms with E-state index in [4.69, 9.17) is 0 Å². The van der Waals surface area contributed by atoms with E-state index in [1.165, 1.54) is 37.1 Å². The minimum Gasteiger partial charge on any atom is -0.356 e. The third-order valence-electron chi connectivity index (χ3n) is 3.34. The summed E-state index contributed by atoms with van der Waals surface area (Å²) in [6, 6.07) is 4.23. The average molecular weight is 233 g/mol. The Kier molecular flexibility index (Phi) is 4.80. The Morgan fingerprint density at radius 1 is 1.24 bits per heavy atom. The van der Waals surface area contributed by atoms with Gasteiger partial charge in [0.1, 0.15) is 5.82 Å². The van der Waals surface area contributed by atoms with Crippen molar-refractivity contribution in [1.29, 1.82) is 0 Å². The molecule has 0 bridgehead atoms. The Balaban J connectivity index is 2.11. The first-order chi connectivity index (χ1) is 8.42. The molecule has 1 fully saturated rings. The SMILES string of the molecule is CCNCc1cccnc1N1CCCCCC1. The second kappa shape index (κ2) is 6.60. The lowest BCUT2D eigenvalue weighted by atomic mass is 10.2. The van der Waals surface area contributed by atoms with Crippen LogP contribution in [0.3, 0.4) is 0 Å². The number of nitrogens with one attached hydrogen (secondary N) is 1. The Bertz CT molecular complexity index is 330. The van der Waals surface area contributed by atoms with E-state index < -0.39 is 0 Å². The Morgan fingerprint density at radius 2 is 2.00 bits per heavy atom. The molecule has 2 rings (SSSR count). The minimum atomic E-state index is 0.927. The van der Waals surface area contributed by atoms with E-state index in [1.54, 1.807) is 0 Å². The van der Waals surface area contributed by atoms with Gasteiger partial charge in [-0.2, -0.15) is 0 Å². The Morgan fingerprint density at radius 3 is 2.71 bits per heavy atom. The van der Waals surface area contributed by atoms with Crippen molar-refractivity contribution >= 4 is 5.82 Å². The van der Waals surface area contributed by atoms with Gasteiger partial charge in [0, 0.05) is 31.4 Å². The van der Waals surface area contributed by atoms with Crippen molar-refractivity contribution in [3.05, 3.63) is 23.9 Å². The fraction of sp³-hybridized carbons (Fsp3) is 0.643. The fourth-order valence-electron chi connectivity index (χ4n) is 2.40. The van der Waals surface area contributed by atoms with Crippen LogP contribution in [-0.2, 0) is 6.54 Å². The lowest BCUT2D eigenvalue weighted by molar-refractivity contribution is 0.710. The van der Waals surface area contributed by atoms with Crippen LogP contribution in [0.4, 0.5) is 5.82 Å². The van der Waals surface area contributed by atoms with E-state index in [0.29, 0.717) is 0 Å². The third-order valence-corrected chi connectivity index (χ3v) is 3.34. The zero-order valence-corrected chi connectivity index (χ0v) is 10.8. The summed E-state index contributed by atoms with van der Waals surface area (Å²) >= 11 is 0. The maximum Gasteiger partial charge on any atom is 0.133 e. The van der Waals surface area contributed by atoms with Gasteiger partial charge in [0.05, 0.1) is 0 Å². The summed E-state index contributed by atoms with van der Waals surface area (Å²) in [6.07, 6.45) is 7.25. The normalized spacial score (nSPS) is 16.9. The van der Waals surface area contributed by atoms with Gasteiger partial charge in [0.2, 0.25) is 0 Å². The highest BCUT2D eigenvalue weighted by Gasteiger charge is 2.13. The largest absolute Gasteiger partial charge is 0.356 e. The molecule has 0 spiro atoms. The molecule has 0 aromatic carbocycles. The van der Waals surface area contributed by atoms with Crippen molar-refractivity contribution in [1.82, 2.24) is 10.3 Å². The zero-order valence-electron chi connectivity index (χ0n) is 10.8. The first kappa shape index (κ1) is 12.4. The van der Waals surface area contributed by atoms with E-state index in [2.05, 4.69) is 28.2 Å². The van der Waals surface area contributed by atoms with E-state index in [0.717, 1.165) is 26.2 Å². The number of pyridine rings is 1. The first-order valence-electron chi connectivity index (χ1n) is 6.81. The van der Waals surface area contributed by atoms with E-state index in [-0.39, 0.29) is 0 Å². The molecular formula is C14H23N3. The quantitative estimate of drug-likeness (QED) is 0.866. The van der Waals surface area contributed by atoms with Gasteiger partial charge in [-0.3, -0.25) is 0 Å². The molecular weight excluding hydrogens is 210 g/mol. The summed E-state index contributed by atoms with van der Waals surface area (Å²) < 4.78 is 0. The number of hydrogen-bond acceptors (Lipinski definition) is 3. The lowest BCUT2D eigenvalue weighted by Crippen LogP contribution is -2.27. The van der Waals surface area contributed by atoms with Crippen LogP contribution in [0.1, 0.15) is 38.2 Å². The Hall–Kier alpha value is -1.09. The highest BCUT2D eigenvalue weighted by atomic mass is 15.2. The number of aromatic nitrogens is 1. The molecule has 17 heavy (non-hydrogen) atoms. The van der Waals surface area contributed by atoms with Crippen LogP contribution in [0.2, 0.25) is 0 Å². The second-order valence-corrected chi connectivity index (χ2v) is 4.67. The topological polar surface area (TPSA) is 28.2 Å². The standard InChI is InChI=1S/C14H23N3/c1-2-15-12-13-8-7-9-16-14(13)17-10-5-3-4-6-11-17/h7-9,15H,2-6,10-12H2,1H3. The fourth-order valence-corrected chi connectivity index (χ4v) is 2.40. The molecule has 0 aliphatic carbocycles. The molecule has 1 aliphatic heterocycles. The molecule has 1 aromatic rings. The second-order valence-electron chi connectivity index (χ2n) is 4.67. The summed E-state index contributed by atoms with van der Waals surface area (Å²) in [4.78, 5) is 7.04. The van der Waals surface area contributed by atoms with Gasteiger partial charge in [-0.1, -0.05) is 25.8 Å². The summed E-state index contributed by atoms with van der Waals surface area (Å²) in [5, 5.41) is 3.39. The van der Waals surface area contributed by atoms with Gasteiger partial charge < -0.3 is 10.2 Å². The molecule has 0 atom stereocenters. The minimum absolute atomic E-state index is 0.927. The number of rotatable bonds is 4. The molecule has 1 N–H and O–H groups in total. The molecule has 0 unspecified atom stereocenters. The molecule has 3 nitrogen and oxygen atoms in total. The molecule has 0 saturated carbocycles. The molecule has 1 aromatic heterocycles. The molecule has 0 amide bonds. The van der Waals surface area contributed by atoms with Crippen molar-refractivity contribution in [3.8, 4) is 0 Å². The van der Waals surface area contributed by atoms with Crippen molar-refractivity contribution < 1.29 is 0 Å². The van der Waals surface area contributed by atoms with Crippen molar-refractivity contribution in [2.24, 2.45) is 0 Å². The highest BCUT2D eigenvalue weighted by Crippen LogP contribution is 2.21. The van der Waals surface area contributed by atoms with E-state index in [9.17, 15) is 0 Å². The zero-order chi connectivity index (χ0) is 11.9. The maximum atomic E-state index is 4.58. The molecule has 3 heteroatoms. The number of anilines is 1. The van der Waals surface area contributed by atoms with Gasteiger partial charge in [-0.25, -0.2) is 4.98 Å². The monoisotopic (exact) mass is 233 g/mol. The van der Waals surface area contributed by atoms with Crippen LogP contribution in [0.5, 0.6) is 0 Å². The van der Waals surface area contributed by atoms with Gasteiger partial charge >= 0.3 is 0 Å². The van der Waals surface area contributed by atoms with Crippen LogP contribution in [0.15, 0.2) is 18.3 Å². The van der Waals surface area contributed by atoms with Gasteiger partial charge in [0.15, 0.2) is 0 Å². The molecule has 1 aliphatic rings. The van der Waals surface area contributed by atoms with Gasteiger partial charge in [0.25, 0.3) is 0 Å². The molecule has 1 saturated heterocycles. The van der Waals surface area contributed by atoms with Crippen LogP contribution in [0.25, 0.3) is 0 Å². The molecule has 2 heterocycles. The van der Waals surface area contributed by atoms with Gasteiger partial charge in [-0.05, 0) is 25.5 Å². The van der Waals surface area contributed by atoms with Crippen LogP contribution in [0, 0.1) is 0 Å². The van der Waals surface area contributed by atoms with Crippen molar-refractivity contribution in [2.75, 3.05) is 24.5 Å². The Labute approximate surface area is 104 Å². The summed E-state index contributed by atoms with van der Waals surface area (Å²) in [5.41, 5.74) is 1.33. The third kappa shape index (κ3) is 3.43. The van der Waals surface area contributed by atoms with Crippen molar-refractivity contribution in [3.63, 3.8) is 0 Å². The number of hydrogen-bond donors (Lipinski definition) is 1. The predicted molar refractivity (Wildman–Crippen MR) is 72.3 cm³/mol. The van der Waals surface area contributed by atoms with Gasteiger partial charge in [-0.15, -0.1) is 0 Å². The summed E-state index contributed by atoms with van der Waals surface area (Å²) in [5.74, 6) is 1.19. The predicted octanol–water partition coefficient (Wildman–Crippen LogP) is 2.57. The van der Waals surface area contributed by atoms with Crippen molar-refractivity contribution in [2.45, 2.75) is 39.2 Å². The number of nitrogens with zero attached hydrogens (tertiary/aromatic N) is 2. The maximum absolute atomic E-state index is 4.58.